The first-order chi connectivity index (χ1) is 17.4. The number of fused-ring (bicyclic) bond motifs is 5. The first-order valence-corrected chi connectivity index (χ1v) is 14.9. The van der Waals surface area contributed by atoms with Crippen LogP contribution in [0, 0.1) is 24.2 Å². The van der Waals surface area contributed by atoms with Gasteiger partial charge in [0, 0.05) is 19.1 Å². The number of allylic oxidation sites excluding steroid dienone is 1. The fraction of sp³-hybridized carbons (Fsp3) is 0.719. The summed E-state index contributed by atoms with van der Waals surface area (Å²) in [6, 6.07) is 5.17. The van der Waals surface area contributed by atoms with Gasteiger partial charge in [0.2, 0.25) is 0 Å². The molecule has 1 amide bonds. The van der Waals surface area contributed by atoms with Crippen LogP contribution in [0.1, 0.15) is 101 Å². The molecular formula is C32H48N2O2. The summed E-state index contributed by atoms with van der Waals surface area (Å²) >= 11 is 0. The Morgan fingerprint density at radius 3 is 2.50 bits per heavy atom. The van der Waals surface area contributed by atoms with E-state index in [1.807, 2.05) is 4.90 Å². The standard InChI is InChI=1S/C32H48N2O2/c1-6-16-33(17-7-2)25-13-18-34(19-14-25)31(35)36-30-21-24-9-10-27-26(28(24)20-22(30)3)12-15-32(5)23(4)8-11-29(27)32/h20-21,25-27,29H,4,6-19H2,1-3,5H3. The zero-order valence-electron chi connectivity index (χ0n) is 23.3. The number of likely N-dealkylation sites (tertiary alicyclic amines) is 1. The number of piperidine rings is 1. The number of carbonyl (C=O) groups excluding carboxylic acids is 1. The summed E-state index contributed by atoms with van der Waals surface area (Å²) in [4.78, 5) is 17.7. The molecule has 0 radical (unpaired) electrons. The van der Waals surface area contributed by atoms with Gasteiger partial charge in [0.15, 0.2) is 0 Å². The highest BCUT2D eigenvalue weighted by atomic mass is 16.6. The van der Waals surface area contributed by atoms with Crippen molar-refractivity contribution in [3.63, 3.8) is 0 Å². The van der Waals surface area contributed by atoms with E-state index in [4.69, 9.17) is 4.74 Å². The molecule has 4 nitrogen and oxygen atoms in total. The zero-order chi connectivity index (χ0) is 25.4. The smallest absolute Gasteiger partial charge is 0.410 e. The second kappa shape index (κ2) is 10.5. The Bertz CT molecular complexity index is 973. The van der Waals surface area contributed by atoms with Gasteiger partial charge in [0.05, 0.1) is 0 Å². The Hall–Kier alpha value is -1.81. The highest BCUT2D eigenvalue weighted by Crippen LogP contribution is 2.62. The third-order valence-electron chi connectivity index (χ3n) is 10.4. The molecule has 3 aliphatic carbocycles. The molecule has 1 aromatic carbocycles. The maximum Gasteiger partial charge on any atom is 0.415 e. The SMILES string of the molecule is C=C1CCC2C3CCc4cc(OC(=O)N5CCC(N(CCC)CCC)CC5)c(C)cc4C3CCC12C. The van der Waals surface area contributed by atoms with E-state index in [9.17, 15) is 4.79 Å². The van der Waals surface area contributed by atoms with Crippen LogP contribution in [0.2, 0.25) is 0 Å². The molecule has 1 saturated heterocycles. The minimum absolute atomic E-state index is 0.166. The number of hydrogen-bond donors (Lipinski definition) is 0. The molecule has 3 fully saturated rings. The van der Waals surface area contributed by atoms with E-state index in [0.717, 1.165) is 68.6 Å². The predicted octanol–water partition coefficient (Wildman–Crippen LogP) is 7.49. The van der Waals surface area contributed by atoms with Crippen LogP contribution in [0.25, 0.3) is 0 Å². The summed E-state index contributed by atoms with van der Waals surface area (Å²) in [5.74, 6) is 3.01. The van der Waals surface area contributed by atoms with Crippen molar-refractivity contribution in [1.82, 2.24) is 9.80 Å². The molecule has 1 heterocycles. The number of amides is 1. The first-order valence-electron chi connectivity index (χ1n) is 14.9. The normalized spacial score (nSPS) is 30.2. The number of nitrogens with zero attached hydrogens (tertiary/aromatic N) is 2. The molecule has 4 heteroatoms. The molecule has 198 valence electrons. The fourth-order valence-corrected chi connectivity index (χ4v) is 8.35. The molecule has 1 aromatic rings. The quantitative estimate of drug-likeness (QED) is 0.386. The molecule has 0 N–H and O–H groups in total. The molecule has 5 rings (SSSR count). The van der Waals surface area contributed by atoms with Gasteiger partial charge in [-0.05, 0) is 130 Å². The number of ether oxygens (including phenoxy) is 1. The Kier molecular flexibility index (Phi) is 7.54. The molecule has 36 heavy (non-hydrogen) atoms. The third-order valence-corrected chi connectivity index (χ3v) is 10.4. The maximum atomic E-state index is 13.1. The molecule has 0 aromatic heterocycles. The van der Waals surface area contributed by atoms with Crippen molar-refractivity contribution in [3.05, 3.63) is 41.0 Å². The van der Waals surface area contributed by atoms with Crippen LogP contribution in [0.4, 0.5) is 4.79 Å². The van der Waals surface area contributed by atoms with Crippen LogP contribution in [0.15, 0.2) is 24.3 Å². The average Bonchev–Trinajstić information content (AvgIpc) is 3.18. The van der Waals surface area contributed by atoms with E-state index in [1.165, 1.54) is 61.6 Å². The van der Waals surface area contributed by atoms with Gasteiger partial charge in [-0.15, -0.1) is 0 Å². The summed E-state index contributed by atoms with van der Waals surface area (Å²) < 4.78 is 6.04. The molecule has 4 aliphatic rings. The molecule has 1 aliphatic heterocycles. The molecule has 0 bridgehead atoms. The average molecular weight is 493 g/mol. The van der Waals surface area contributed by atoms with Crippen LogP contribution in [0.5, 0.6) is 5.75 Å². The minimum Gasteiger partial charge on any atom is -0.410 e. The maximum absolute atomic E-state index is 13.1. The Morgan fingerprint density at radius 2 is 1.81 bits per heavy atom. The van der Waals surface area contributed by atoms with E-state index in [0.29, 0.717) is 17.4 Å². The summed E-state index contributed by atoms with van der Waals surface area (Å²) in [6.07, 6.45) is 11.8. The van der Waals surface area contributed by atoms with Gasteiger partial charge in [-0.1, -0.05) is 39.0 Å². The van der Waals surface area contributed by atoms with E-state index in [-0.39, 0.29) is 6.09 Å². The first kappa shape index (κ1) is 25.8. The van der Waals surface area contributed by atoms with Crippen LogP contribution >= 0.6 is 0 Å². The van der Waals surface area contributed by atoms with Crippen LogP contribution in [-0.4, -0.2) is 48.1 Å². The van der Waals surface area contributed by atoms with E-state index in [1.54, 1.807) is 0 Å². The highest BCUT2D eigenvalue weighted by molar-refractivity contribution is 5.71. The van der Waals surface area contributed by atoms with Crippen molar-refractivity contribution in [2.75, 3.05) is 26.2 Å². The number of aryl methyl sites for hydroxylation is 2. The number of carbonyl (C=O) groups is 1. The summed E-state index contributed by atoms with van der Waals surface area (Å²) in [5, 5.41) is 0. The van der Waals surface area contributed by atoms with Crippen molar-refractivity contribution < 1.29 is 9.53 Å². The Morgan fingerprint density at radius 1 is 1.08 bits per heavy atom. The largest absolute Gasteiger partial charge is 0.415 e. The second-order valence-corrected chi connectivity index (χ2v) is 12.5. The lowest BCUT2D eigenvalue weighted by molar-refractivity contribution is 0.0815. The lowest BCUT2D eigenvalue weighted by Crippen LogP contribution is -2.48. The molecular weight excluding hydrogens is 444 g/mol. The van der Waals surface area contributed by atoms with Gasteiger partial charge in [-0.2, -0.15) is 0 Å². The van der Waals surface area contributed by atoms with Gasteiger partial charge < -0.3 is 14.5 Å². The van der Waals surface area contributed by atoms with E-state index < -0.39 is 0 Å². The van der Waals surface area contributed by atoms with E-state index in [2.05, 4.69) is 51.3 Å². The van der Waals surface area contributed by atoms with Gasteiger partial charge >= 0.3 is 6.09 Å². The fourth-order valence-electron chi connectivity index (χ4n) is 8.35. The van der Waals surface area contributed by atoms with Gasteiger partial charge in [-0.25, -0.2) is 4.79 Å². The van der Waals surface area contributed by atoms with Crippen molar-refractivity contribution in [1.29, 1.82) is 0 Å². The summed E-state index contributed by atoms with van der Waals surface area (Å²) in [5.41, 5.74) is 5.93. The number of rotatable bonds is 6. The zero-order valence-corrected chi connectivity index (χ0v) is 23.3. The van der Waals surface area contributed by atoms with E-state index >= 15 is 0 Å². The predicted molar refractivity (Wildman–Crippen MR) is 148 cm³/mol. The number of hydrogen-bond acceptors (Lipinski definition) is 3. The Labute approximate surface area is 219 Å². The Balaban J connectivity index is 1.24. The number of benzene rings is 1. The molecule has 0 spiro atoms. The minimum atomic E-state index is -0.166. The van der Waals surface area contributed by atoms with Gasteiger partial charge in [0.25, 0.3) is 0 Å². The highest BCUT2D eigenvalue weighted by Gasteiger charge is 2.52. The lowest BCUT2D eigenvalue weighted by atomic mass is 9.55. The van der Waals surface area contributed by atoms with Crippen molar-refractivity contribution >= 4 is 6.09 Å². The van der Waals surface area contributed by atoms with Gasteiger partial charge in [0.1, 0.15) is 5.75 Å². The van der Waals surface area contributed by atoms with Crippen LogP contribution in [0.3, 0.4) is 0 Å². The van der Waals surface area contributed by atoms with Crippen LogP contribution < -0.4 is 4.74 Å². The monoisotopic (exact) mass is 492 g/mol. The molecule has 4 unspecified atom stereocenters. The lowest BCUT2D eigenvalue weighted by Gasteiger charge is -2.49. The molecule has 4 atom stereocenters. The topological polar surface area (TPSA) is 32.8 Å². The van der Waals surface area contributed by atoms with Crippen molar-refractivity contribution in [2.45, 2.75) is 104 Å². The third kappa shape index (κ3) is 4.64. The van der Waals surface area contributed by atoms with Crippen molar-refractivity contribution in [2.24, 2.45) is 17.3 Å². The summed E-state index contributed by atoms with van der Waals surface area (Å²) in [7, 11) is 0. The second-order valence-electron chi connectivity index (χ2n) is 12.5. The van der Waals surface area contributed by atoms with Gasteiger partial charge in [-0.3, -0.25) is 0 Å². The van der Waals surface area contributed by atoms with Crippen molar-refractivity contribution in [3.8, 4) is 5.75 Å². The van der Waals surface area contributed by atoms with Crippen LogP contribution in [-0.2, 0) is 6.42 Å². The molecule has 2 saturated carbocycles. The summed E-state index contributed by atoms with van der Waals surface area (Å²) in [6.45, 7) is 17.5.